The number of carbonyl (C=O) groups excluding carboxylic acids is 1. The van der Waals surface area contributed by atoms with Gasteiger partial charge < -0.3 is 9.72 Å². The van der Waals surface area contributed by atoms with Crippen LogP contribution >= 0.6 is 0 Å². The molecular weight excluding hydrogens is 380 g/mol. The van der Waals surface area contributed by atoms with E-state index >= 15 is 0 Å². The van der Waals surface area contributed by atoms with Gasteiger partial charge in [-0.3, -0.25) is 14.5 Å². The van der Waals surface area contributed by atoms with E-state index in [1.54, 1.807) is 12.4 Å². The third kappa shape index (κ3) is 3.00. The maximum atomic E-state index is 12.8. The Labute approximate surface area is 174 Å². The molecule has 1 amide bonds. The fraction of sp³-hybridized carbons (Fsp3) is 0.435. The normalized spacial score (nSPS) is 26.1. The molecule has 7 nitrogen and oxygen atoms in total. The molecule has 5 rings (SSSR count). The highest BCUT2D eigenvalue weighted by molar-refractivity contribution is 5.74. The van der Waals surface area contributed by atoms with E-state index < -0.39 is 5.60 Å². The Kier molecular flexibility index (Phi) is 4.41. The van der Waals surface area contributed by atoms with E-state index in [0.29, 0.717) is 0 Å². The van der Waals surface area contributed by atoms with E-state index in [1.807, 2.05) is 47.6 Å². The summed E-state index contributed by atoms with van der Waals surface area (Å²) in [4.78, 5) is 34.4. The summed E-state index contributed by atoms with van der Waals surface area (Å²) < 4.78 is 7.61. The van der Waals surface area contributed by atoms with Gasteiger partial charge in [-0.2, -0.15) is 0 Å². The van der Waals surface area contributed by atoms with E-state index in [2.05, 4.69) is 22.1 Å². The van der Waals surface area contributed by atoms with Crippen LogP contribution in [0.2, 0.25) is 0 Å². The predicted molar refractivity (Wildman–Crippen MR) is 113 cm³/mol. The highest BCUT2D eigenvalue weighted by atomic mass is 16.6. The van der Waals surface area contributed by atoms with Gasteiger partial charge in [-0.05, 0) is 51.2 Å². The monoisotopic (exact) mass is 406 g/mol. The van der Waals surface area contributed by atoms with Crippen LogP contribution in [0.4, 0.5) is 4.79 Å². The second-order valence-corrected chi connectivity index (χ2v) is 8.85. The predicted octanol–water partition coefficient (Wildman–Crippen LogP) is 4.18. The number of aromatic amines is 1. The molecule has 0 spiro atoms. The van der Waals surface area contributed by atoms with Crippen molar-refractivity contribution in [2.45, 2.75) is 63.3 Å². The molecule has 1 saturated carbocycles. The molecule has 1 saturated heterocycles. The van der Waals surface area contributed by atoms with Crippen molar-refractivity contribution in [2.24, 2.45) is 0 Å². The Morgan fingerprint density at radius 2 is 1.73 bits per heavy atom. The number of benzene rings is 1. The van der Waals surface area contributed by atoms with Crippen molar-refractivity contribution in [1.82, 2.24) is 19.4 Å². The highest BCUT2D eigenvalue weighted by Gasteiger charge is 2.51. The maximum Gasteiger partial charge on any atom is 0.411 e. The maximum absolute atomic E-state index is 12.8. The number of carbonyl (C=O) groups is 1. The second kappa shape index (κ2) is 7.00. The summed E-state index contributed by atoms with van der Waals surface area (Å²) in [5.74, 6) is 0. The first-order valence-electron chi connectivity index (χ1n) is 10.6. The molecule has 2 fully saturated rings. The first kappa shape index (κ1) is 18.9. The van der Waals surface area contributed by atoms with Gasteiger partial charge in [-0.25, -0.2) is 9.59 Å². The van der Waals surface area contributed by atoms with Crippen molar-refractivity contribution in [3.63, 3.8) is 0 Å². The van der Waals surface area contributed by atoms with Crippen LogP contribution in [0.15, 0.2) is 53.6 Å². The average molecular weight is 406 g/mol. The molecule has 1 atom stereocenters. The molecule has 156 valence electrons. The van der Waals surface area contributed by atoms with Crippen LogP contribution in [-0.4, -0.2) is 37.2 Å². The molecule has 0 radical (unpaired) electrons. The van der Waals surface area contributed by atoms with Gasteiger partial charge in [-0.1, -0.05) is 30.3 Å². The number of aromatic nitrogens is 3. The summed E-state index contributed by atoms with van der Waals surface area (Å²) in [5.41, 5.74) is 2.06. The van der Waals surface area contributed by atoms with Gasteiger partial charge in [0.05, 0.1) is 23.3 Å². The lowest BCUT2D eigenvalue weighted by Gasteiger charge is -2.38. The Bertz CT molecular complexity index is 1130. The summed E-state index contributed by atoms with van der Waals surface area (Å²) >= 11 is 0. The molecule has 30 heavy (non-hydrogen) atoms. The smallest absolute Gasteiger partial charge is 0.411 e. The van der Waals surface area contributed by atoms with Gasteiger partial charge in [0.25, 0.3) is 0 Å². The van der Waals surface area contributed by atoms with Gasteiger partial charge >= 0.3 is 11.8 Å². The summed E-state index contributed by atoms with van der Waals surface area (Å²) in [6.07, 6.45) is 6.51. The first-order valence-corrected chi connectivity index (χ1v) is 10.6. The van der Waals surface area contributed by atoms with Crippen LogP contribution in [0.25, 0.3) is 11.0 Å². The lowest BCUT2D eigenvalue weighted by atomic mass is 9.86. The lowest BCUT2D eigenvalue weighted by Crippen LogP contribution is -2.43. The second-order valence-electron chi connectivity index (χ2n) is 8.85. The number of pyridine rings is 1. The number of hydrogen-bond acceptors (Lipinski definition) is 4. The van der Waals surface area contributed by atoms with Crippen LogP contribution in [0.3, 0.4) is 0 Å². The number of imidazole rings is 1. The number of rotatable bonds is 3. The molecule has 1 aliphatic heterocycles. The number of fused-ring (bicyclic) bond motifs is 1. The molecule has 3 aromatic rings. The molecule has 1 aliphatic carbocycles. The third-order valence-electron chi connectivity index (χ3n) is 6.56. The topological polar surface area (TPSA) is 80.2 Å². The van der Waals surface area contributed by atoms with Gasteiger partial charge in [0.2, 0.25) is 0 Å². The van der Waals surface area contributed by atoms with Crippen LogP contribution in [0.5, 0.6) is 0 Å². The van der Waals surface area contributed by atoms with E-state index in [0.717, 1.165) is 42.3 Å². The van der Waals surface area contributed by atoms with E-state index in [1.165, 1.54) is 0 Å². The summed E-state index contributed by atoms with van der Waals surface area (Å²) in [5, 5.41) is 0. The molecule has 2 aliphatic rings. The molecule has 2 aromatic heterocycles. The van der Waals surface area contributed by atoms with E-state index in [4.69, 9.17) is 4.74 Å². The fourth-order valence-corrected chi connectivity index (χ4v) is 5.26. The van der Waals surface area contributed by atoms with Crippen molar-refractivity contribution in [1.29, 1.82) is 0 Å². The minimum atomic E-state index is -0.589. The van der Waals surface area contributed by atoms with Crippen molar-refractivity contribution in [3.05, 3.63) is 64.8 Å². The number of ether oxygens (including phenoxy) is 1. The highest BCUT2D eigenvalue weighted by Crippen LogP contribution is 2.45. The molecule has 0 bridgehead atoms. The molecule has 0 unspecified atom stereocenters. The zero-order chi connectivity index (χ0) is 20.9. The summed E-state index contributed by atoms with van der Waals surface area (Å²) in [6, 6.07) is 12.0. The van der Waals surface area contributed by atoms with Crippen LogP contribution < -0.4 is 5.69 Å². The van der Waals surface area contributed by atoms with Gasteiger partial charge in [-0.15, -0.1) is 0 Å². The zero-order valence-electron chi connectivity index (χ0n) is 17.2. The first-order chi connectivity index (χ1) is 14.5. The minimum absolute atomic E-state index is 0.0923. The zero-order valence-corrected chi connectivity index (χ0v) is 17.2. The largest absolute Gasteiger partial charge is 0.441 e. The van der Waals surface area contributed by atoms with Crippen LogP contribution in [-0.2, 0) is 4.74 Å². The lowest BCUT2D eigenvalue weighted by molar-refractivity contribution is 0.0662. The Balaban J connectivity index is 1.40. The molecular formula is C23H26N4O3. The number of nitrogens with zero attached hydrogens (tertiary/aromatic N) is 3. The Hall–Kier alpha value is -3.09. The molecule has 3 heterocycles. The van der Waals surface area contributed by atoms with Crippen molar-refractivity contribution in [3.8, 4) is 0 Å². The number of hydrogen-bond donors (Lipinski definition) is 1. The number of nitrogens with one attached hydrogen (secondary N) is 1. The molecule has 7 heteroatoms. The van der Waals surface area contributed by atoms with Gasteiger partial charge in [0.15, 0.2) is 0 Å². The van der Waals surface area contributed by atoms with Crippen LogP contribution in [0, 0.1) is 0 Å². The fourth-order valence-electron chi connectivity index (χ4n) is 5.26. The molecule has 1 aromatic carbocycles. The quantitative estimate of drug-likeness (QED) is 0.708. The standard InChI is InChI=1S/C23H26N4O3/c1-23(2)20(15-6-4-3-5-7-15)27(22(29)30-23)17-10-8-16(9-11-17)26-19-14-24-13-12-18(19)25-21(26)28/h3-7,12-14,16-17,20H,8-11H2,1-2H3,(H,25,28)/t16-,17-,20-/m0/s1. The van der Waals surface area contributed by atoms with Crippen molar-refractivity contribution in [2.75, 3.05) is 0 Å². The SMILES string of the molecule is CC1(C)OC(=O)N([C@H]2CC[C@H](n3c(=O)[nH]c4ccncc43)CC2)[C@H]1c1ccccc1. The van der Waals surface area contributed by atoms with Gasteiger partial charge in [0.1, 0.15) is 5.60 Å². The summed E-state index contributed by atoms with van der Waals surface area (Å²) in [6.45, 7) is 3.96. The number of amides is 1. The summed E-state index contributed by atoms with van der Waals surface area (Å²) in [7, 11) is 0. The Morgan fingerprint density at radius 1 is 1.03 bits per heavy atom. The van der Waals surface area contributed by atoms with E-state index in [9.17, 15) is 9.59 Å². The molecule has 1 N–H and O–H groups in total. The number of H-pyrrole nitrogens is 1. The van der Waals surface area contributed by atoms with E-state index in [-0.39, 0.29) is 29.9 Å². The van der Waals surface area contributed by atoms with Gasteiger partial charge in [0, 0.05) is 18.3 Å². The van der Waals surface area contributed by atoms with Crippen molar-refractivity contribution < 1.29 is 9.53 Å². The van der Waals surface area contributed by atoms with Crippen molar-refractivity contribution >= 4 is 17.1 Å². The minimum Gasteiger partial charge on any atom is -0.441 e. The third-order valence-corrected chi connectivity index (χ3v) is 6.56. The number of cyclic esters (lactones) is 1. The Morgan fingerprint density at radius 3 is 2.47 bits per heavy atom. The average Bonchev–Trinajstić information content (AvgIpc) is 3.20. The van der Waals surface area contributed by atoms with Crippen LogP contribution in [0.1, 0.15) is 57.2 Å².